The van der Waals surface area contributed by atoms with Crippen molar-refractivity contribution >= 4 is 35.6 Å². The van der Waals surface area contributed by atoms with Crippen LogP contribution < -0.4 is 21.1 Å². The number of carbonyl (C=O) groups excluding carboxylic acids is 2. The molecule has 22 heavy (non-hydrogen) atoms. The van der Waals surface area contributed by atoms with Gasteiger partial charge in [0, 0.05) is 24.7 Å². The standard InChI is InChI=1S/C15H21N3O3.ClH/c1-9(19)17-13-7-6-10(8-14(13)21-2)18-15(20)11-4-3-5-12(11)16;/h6-8,11-12H,3-5,16H2,1-2H3,(H,17,19)(H,18,20);1H. The summed E-state index contributed by atoms with van der Waals surface area (Å²) in [6.45, 7) is 1.43. The van der Waals surface area contributed by atoms with Crippen LogP contribution in [0.4, 0.5) is 11.4 Å². The topological polar surface area (TPSA) is 93.4 Å². The summed E-state index contributed by atoms with van der Waals surface area (Å²) in [6, 6.07) is 5.05. The number of anilines is 2. The molecule has 1 fully saturated rings. The first kappa shape index (κ1) is 18.3. The van der Waals surface area contributed by atoms with E-state index in [4.69, 9.17) is 10.5 Å². The van der Waals surface area contributed by atoms with Gasteiger partial charge in [-0.3, -0.25) is 9.59 Å². The van der Waals surface area contributed by atoms with E-state index in [0.717, 1.165) is 19.3 Å². The van der Waals surface area contributed by atoms with Gasteiger partial charge in [0.05, 0.1) is 18.7 Å². The van der Waals surface area contributed by atoms with E-state index in [2.05, 4.69) is 10.6 Å². The highest BCUT2D eigenvalue weighted by Crippen LogP contribution is 2.30. The normalized spacial score (nSPS) is 20.0. The first-order valence-electron chi connectivity index (χ1n) is 7.03. The van der Waals surface area contributed by atoms with Crippen molar-refractivity contribution in [1.82, 2.24) is 0 Å². The Bertz CT molecular complexity index is 551. The highest BCUT2D eigenvalue weighted by atomic mass is 35.5. The van der Waals surface area contributed by atoms with E-state index in [1.165, 1.54) is 14.0 Å². The fourth-order valence-electron chi connectivity index (χ4n) is 2.61. The zero-order valence-corrected chi connectivity index (χ0v) is 13.5. The number of halogens is 1. The van der Waals surface area contributed by atoms with Gasteiger partial charge in [0.2, 0.25) is 11.8 Å². The number of amides is 2. The highest BCUT2D eigenvalue weighted by molar-refractivity contribution is 5.95. The molecule has 0 saturated heterocycles. The van der Waals surface area contributed by atoms with Crippen molar-refractivity contribution < 1.29 is 14.3 Å². The lowest BCUT2D eigenvalue weighted by atomic mass is 10.0. The van der Waals surface area contributed by atoms with Gasteiger partial charge in [-0.15, -0.1) is 12.4 Å². The van der Waals surface area contributed by atoms with Gasteiger partial charge in [-0.1, -0.05) is 6.42 Å². The lowest BCUT2D eigenvalue weighted by Crippen LogP contribution is -2.34. The Morgan fingerprint density at radius 2 is 2.00 bits per heavy atom. The van der Waals surface area contributed by atoms with Crippen LogP contribution in [-0.4, -0.2) is 25.0 Å². The summed E-state index contributed by atoms with van der Waals surface area (Å²) in [5.74, 6) is 0.126. The maximum Gasteiger partial charge on any atom is 0.229 e. The molecule has 0 aromatic heterocycles. The summed E-state index contributed by atoms with van der Waals surface area (Å²) >= 11 is 0. The summed E-state index contributed by atoms with van der Waals surface area (Å²) in [6.07, 6.45) is 2.71. The number of hydrogen-bond donors (Lipinski definition) is 3. The average molecular weight is 328 g/mol. The Morgan fingerprint density at radius 3 is 2.55 bits per heavy atom. The third kappa shape index (κ3) is 4.35. The van der Waals surface area contributed by atoms with Crippen molar-refractivity contribution in [1.29, 1.82) is 0 Å². The first-order valence-corrected chi connectivity index (χ1v) is 7.03. The summed E-state index contributed by atoms with van der Waals surface area (Å²) in [5, 5.41) is 5.53. The van der Waals surface area contributed by atoms with Crippen LogP contribution in [0, 0.1) is 5.92 Å². The molecule has 6 nitrogen and oxygen atoms in total. The van der Waals surface area contributed by atoms with E-state index < -0.39 is 0 Å². The second-order valence-electron chi connectivity index (χ2n) is 5.29. The van der Waals surface area contributed by atoms with Crippen LogP contribution >= 0.6 is 12.4 Å². The number of rotatable bonds is 4. The van der Waals surface area contributed by atoms with E-state index in [1.54, 1.807) is 18.2 Å². The monoisotopic (exact) mass is 327 g/mol. The molecule has 1 aliphatic carbocycles. The molecular formula is C15H22ClN3O3. The second-order valence-corrected chi connectivity index (χ2v) is 5.29. The number of benzene rings is 1. The SMILES string of the molecule is COc1cc(NC(=O)C2CCCC2N)ccc1NC(C)=O.Cl. The molecule has 1 aromatic carbocycles. The molecule has 1 saturated carbocycles. The lowest BCUT2D eigenvalue weighted by molar-refractivity contribution is -0.120. The first-order chi connectivity index (χ1) is 10.0. The summed E-state index contributed by atoms with van der Waals surface area (Å²) in [7, 11) is 1.51. The minimum absolute atomic E-state index is 0. The van der Waals surface area contributed by atoms with Crippen LogP contribution in [0.5, 0.6) is 5.75 Å². The molecule has 2 unspecified atom stereocenters. The molecule has 1 aromatic rings. The zero-order valence-electron chi connectivity index (χ0n) is 12.7. The van der Waals surface area contributed by atoms with Crippen LogP contribution in [0.25, 0.3) is 0 Å². The van der Waals surface area contributed by atoms with Gasteiger partial charge < -0.3 is 21.1 Å². The quantitative estimate of drug-likeness (QED) is 0.789. The maximum absolute atomic E-state index is 12.2. The van der Waals surface area contributed by atoms with Crippen LogP contribution in [0.1, 0.15) is 26.2 Å². The minimum Gasteiger partial charge on any atom is -0.494 e. The summed E-state index contributed by atoms with van der Waals surface area (Å²) in [4.78, 5) is 23.3. The number of carbonyl (C=O) groups is 2. The maximum atomic E-state index is 12.2. The molecule has 0 heterocycles. The van der Waals surface area contributed by atoms with Gasteiger partial charge in [-0.25, -0.2) is 0 Å². The number of hydrogen-bond acceptors (Lipinski definition) is 4. The third-order valence-corrected chi connectivity index (χ3v) is 3.69. The van der Waals surface area contributed by atoms with E-state index in [0.29, 0.717) is 17.1 Å². The molecule has 2 atom stereocenters. The van der Waals surface area contributed by atoms with Crippen molar-refractivity contribution in [3.63, 3.8) is 0 Å². The lowest BCUT2D eigenvalue weighted by Gasteiger charge is -2.16. The molecule has 2 amide bonds. The van der Waals surface area contributed by atoms with Gasteiger partial charge in [-0.2, -0.15) is 0 Å². The van der Waals surface area contributed by atoms with E-state index >= 15 is 0 Å². The van der Waals surface area contributed by atoms with Gasteiger partial charge in [0.1, 0.15) is 5.75 Å². The van der Waals surface area contributed by atoms with Gasteiger partial charge in [0.25, 0.3) is 0 Å². The Labute approximate surface area is 136 Å². The van der Waals surface area contributed by atoms with Gasteiger partial charge in [0.15, 0.2) is 0 Å². The Hall–Kier alpha value is -1.79. The molecule has 122 valence electrons. The summed E-state index contributed by atoms with van der Waals surface area (Å²) in [5.41, 5.74) is 7.14. The van der Waals surface area contributed by atoms with Gasteiger partial charge in [-0.05, 0) is 25.0 Å². The van der Waals surface area contributed by atoms with E-state index in [-0.39, 0.29) is 36.2 Å². The van der Waals surface area contributed by atoms with Crippen molar-refractivity contribution in [2.24, 2.45) is 11.7 Å². The van der Waals surface area contributed by atoms with E-state index in [9.17, 15) is 9.59 Å². The van der Waals surface area contributed by atoms with Gasteiger partial charge >= 0.3 is 0 Å². The molecule has 1 aliphatic rings. The second kappa shape index (κ2) is 8.00. The number of nitrogens with two attached hydrogens (primary N) is 1. The fourth-order valence-corrected chi connectivity index (χ4v) is 2.61. The fraction of sp³-hybridized carbons (Fsp3) is 0.467. The predicted molar refractivity (Wildman–Crippen MR) is 88.5 cm³/mol. The smallest absolute Gasteiger partial charge is 0.229 e. The molecule has 4 N–H and O–H groups in total. The van der Waals surface area contributed by atoms with Crippen LogP contribution in [-0.2, 0) is 9.59 Å². The molecule has 0 bridgehead atoms. The molecule has 7 heteroatoms. The van der Waals surface area contributed by atoms with Crippen molar-refractivity contribution in [2.45, 2.75) is 32.2 Å². The predicted octanol–water partition coefficient (Wildman–Crippen LogP) is 2.14. The highest BCUT2D eigenvalue weighted by Gasteiger charge is 2.30. The van der Waals surface area contributed by atoms with Crippen molar-refractivity contribution in [3.05, 3.63) is 18.2 Å². The zero-order chi connectivity index (χ0) is 15.4. The largest absolute Gasteiger partial charge is 0.494 e. The van der Waals surface area contributed by atoms with Crippen LogP contribution in [0.2, 0.25) is 0 Å². The average Bonchev–Trinajstić information content (AvgIpc) is 2.86. The Balaban J connectivity index is 0.00000242. The molecule has 0 radical (unpaired) electrons. The molecule has 0 spiro atoms. The van der Waals surface area contributed by atoms with Crippen LogP contribution in [0.3, 0.4) is 0 Å². The number of nitrogens with one attached hydrogen (secondary N) is 2. The molecule has 0 aliphatic heterocycles. The van der Waals surface area contributed by atoms with Crippen molar-refractivity contribution in [2.75, 3.05) is 17.7 Å². The minimum atomic E-state index is -0.179. The number of ether oxygens (including phenoxy) is 1. The Kier molecular flexibility index (Phi) is 6.64. The van der Waals surface area contributed by atoms with E-state index in [1.807, 2.05) is 0 Å². The summed E-state index contributed by atoms with van der Waals surface area (Å²) < 4.78 is 5.22. The van der Waals surface area contributed by atoms with Crippen LogP contribution in [0.15, 0.2) is 18.2 Å². The van der Waals surface area contributed by atoms with Crippen molar-refractivity contribution in [3.8, 4) is 5.75 Å². The molecule has 2 rings (SSSR count). The number of methoxy groups -OCH3 is 1. The molecular weight excluding hydrogens is 306 g/mol. The third-order valence-electron chi connectivity index (χ3n) is 3.69. The Morgan fingerprint density at radius 1 is 1.27 bits per heavy atom.